The third-order valence-electron chi connectivity index (χ3n) is 5.74. The molecule has 0 fully saturated rings. The Morgan fingerprint density at radius 2 is 1.43 bits per heavy atom. The van der Waals surface area contributed by atoms with Crippen molar-refractivity contribution < 1.29 is 38.5 Å². The first-order chi connectivity index (χ1) is 17.4. The zero-order valence-electron chi connectivity index (χ0n) is 21.4. The van der Waals surface area contributed by atoms with Gasteiger partial charge in [-0.25, -0.2) is 19.2 Å². The van der Waals surface area contributed by atoms with Gasteiger partial charge in [-0.3, -0.25) is 0 Å². The van der Waals surface area contributed by atoms with E-state index in [2.05, 4.69) is 10.6 Å². The molecule has 0 heterocycles. The van der Waals surface area contributed by atoms with Gasteiger partial charge in [0.2, 0.25) is 0 Å². The van der Waals surface area contributed by atoms with Crippen LogP contribution in [-0.4, -0.2) is 59.6 Å². The Morgan fingerprint density at radius 3 is 1.95 bits per heavy atom. The molecular formula is C27H32N2O8. The van der Waals surface area contributed by atoms with Gasteiger partial charge in [0.15, 0.2) is 6.04 Å². The Bertz CT molecular complexity index is 1130. The second-order valence-electron chi connectivity index (χ2n) is 9.80. The molecule has 0 radical (unpaired) electrons. The summed E-state index contributed by atoms with van der Waals surface area (Å²) in [6, 6.07) is 13.1. The quantitative estimate of drug-likeness (QED) is 0.358. The van der Waals surface area contributed by atoms with Crippen LogP contribution in [0.3, 0.4) is 0 Å². The van der Waals surface area contributed by atoms with E-state index in [1.54, 1.807) is 20.8 Å². The molecule has 10 heteroatoms. The summed E-state index contributed by atoms with van der Waals surface area (Å²) >= 11 is 0. The maximum Gasteiger partial charge on any atom is 0.408 e. The van der Waals surface area contributed by atoms with Gasteiger partial charge in [0.05, 0.1) is 0 Å². The topological polar surface area (TPSA) is 140 Å². The van der Waals surface area contributed by atoms with E-state index >= 15 is 0 Å². The summed E-state index contributed by atoms with van der Waals surface area (Å²) in [5.41, 5.74) is 3.44. The van der Waals surface area contributed by atoms with Gasteiger partial charge in [0.1, 0.15) is 24.4 Å². The summed E-state index contributed by atoms with van der Waals surface area (Å²) < 4.78 is 15.7. The van der Waals surface area contributed by atoms with Crippen molar-refractivity contribution in [3.63, 3.8) is 0 Å². The van der Waals surface area contributed by atoms with Crippen LogP contribution >= 0.6 is 0 Å². The normalized spacial score (nSPS) is 14.8. The number of nitrogens with one attached hydrogen (secondary N) is 2. The van der Waals surface area contributed by atoms with E-state index in [1.165, 1.54) is 13.8 Å². The van der Waals surface area contributed by atoms with Gasteiger partial charge in [-0.2, -0.15) is 0 Å². The van der Waals surface area contributed by atoms with Crippen molar-refractivity contribution >= 4 is 24.1 Å². The molecule has 37 heavy (non-hydrogen) atoms. The van der Waals surface area contributed by atoms with E-state index in [0.29, 0.717) is 0 Å². The summed E-state index contributed by atoms with van der Waals surface area (Å²) in [4.78, 5) is 48.5. The first kappa shape index (κ1) is 27.5. The molecule has 0 unspecified atom stereocenters. The number of amides is 2. The van der Waals surface area contributed by atoms with E-state index in [-0.39, 0.29) is 12.5 Å². The highest BCUT2D eigenvalue weighted by Crippen LogP contribution is 2.44. The van der Waals surface area contributed by atoms with Gasteiger partial charge in [0.25, 0.3) is 0 Å². The molecule has 3 rings (SSSR count). The third-order valence-corrected chi connectivity index (χ3v) is 5.74. The molecule has 3 atom stereocenters. The van der Waals surface area contributed by atoms with Crippen molar-refractivity contribution in [3.05, 3.63) is 59.7 Å². The molecule has 0 bridgehead atoms. The number of alkyl carbamates (subject to hydrolysis) is 2. The summed E-state index contributed by atoms with van der Waals surface area (Å²) in [7, 11) is 0. The van der Waals surface area contributed by atoms with Crippen LogP contribution < -0.4 is 10.6 Å². The smallest absolute Gasteiger partial charge is 0.408 e. The van der Waals surface area contributed by atoms with E-state index in [9.17, 15) is 24.3 Å². The second-order valence-corrected chi connectivity index (χ2v) is 9.80. The fourth-order valence-electron chi connectivity index (χ4n) is 4.04. The molecule has 0 aromatic heterocycles. The second kappa shape index (κ2) is 11.3. The number of hydrogen-bond acceptors (Lipinski definition) is 7. The van der Waals surface area contributed by atoms with Crippen molar-refractivity contribution in [2.45, 2.75) is 64.3 Å². The van der Waals surface area contributed by atoms with Crippen LogP contribution in [0, 0.1) is 0 Å². The van der Waals surface area contributed by atoms with E-state index in [4.69, 9.17) is 14.2 Å². The average Bonchev–Trinajstić information content (AvgIpc) is 3.13. The number of carboxylic acids is 1. The van der Waals surface area contributed by atoms with E-state index in [0.717, 1.165) is 22.3 Å². The Morgan fingerprint density at radius 1 is 0.892 bits per heavy atom. The van der Waals surface area contributed by atoms with Gasteiger partial charge < -0.3 is 30.0 Å². The molecule has 0 spiro atoms. The summed E-state index contributed by atoms with van der Waals surface area (Å²) in [5, 5.41) is 14.0. The lowest BCUT2D eigenvalue weighted by molar-refractivity contribution is -0.156. The van der Waals surface area contributed by atoms with Gasteiger partial charge in [0, 0.05) is 5.92 Å². The molecule has 1 aliphatic rings. The molecule has 0 aliphatic heterocycles. The Kier molecular flexibility index (Phi) is 8.42. The van der Waals surface area contributed by atoms with Crippen LogP contribution in [0.1, 0.15) is 51.7 Å². The standard InChI is InChI=1S/C27H32N2O8/c1-15(24(32)36-16(2)22(23(30)31)29-26(34)37-27(3,4)5)28-25(33)35-14-21-19-12-8-6-10-17(19)18-11-7-9-13-20(18)21/h6-13,15-16,21-22H,14H2,1-5H3,(H,28,33)(H,29,34)(H,30,31)/t15-,16-,22+/m1/s1. The van der Waals surface area contributed by atoms with Crippen LogP contribution in [0.5, 0.6) is 0 Å². The minimum Gasteiger partial charge on any atom is -0.480 e. The molecule has 3 N–H and O–H groups in total. The lowest BCUT2D eigenvalue weighted by Crippen LogP contribution is -2.51. The maximum absolute atomic E-state index is 12.5. The largest absolute Gasteiger partial charge is 0.480 e. The Hall–Kier alpha value is -4.08. The summed E-state index contributed by atoms with van der Waals surface area (Å²) in [6.07, 6.45) is -3.03. The minimum atomic E-state index is -1.56. The molecule has 198 valence electrons. The first-order valence-corrected chi connectivity index (χ1v) is 11.9. The molecule has 0 saturated heterocycles. The Balaban J connectivity index is 1.54. The fourth-order valence-corrected chi connectivity index (χ4v) is 4.04. The van der Waals surface area contributed by atoms with Crippen LogP contribution in [0.25, 0.3) is 11.1 Å². The lowest BCUT2D eigenvalue weighted by Gasteiger charge is -2.25. The number of fused-ring (bicyclic) bond motifs is 3. The molecule has 1 aliphatic carbocycles. The highest BCUT2D eigenvalue weighted by atomic mass is 16.6. The highest BCUT2D eigenvalue weighted by molar-refractivity contribution is 5.84. The molecule has 2 aromatic rings. The van der Waals surface area contributed by atoms with Crippen molar-refractivity contribution in [3.8, 4) is 11.1 Å². The zero-order chi connectivity index (χ0) is 27.3. The summed E-state index contributed by atoms with van der Waals surface area (Å²) in [6.45, 7) is 7.65. The Labute approximate surface area is 215 Å². The number of rotatable bonds is 8. The van der Waals surface area contributed by atoms with Crippen LogP contribution in [0.15, 0.2) is 48.5 Å². The van der Waals surface area contributed by atoms with Crippen LogP contribution in [-0.2, 0) is 23.8 Å². The number of carbonyl (C=O) groups is 4. The molecule has 0 saturated carbocycles. The van der Waals surface area contributed by atoms with Gasteiger partial charge in [-0.1, -0.05) is 48.5 Å². The van der Waals surface area contributed by atoms with Crippen LogP contribution in [0.2, 0.25) is 0 Å². The first-order valence-electron chi connectivity index (χ1n) is 11.9. The third kappa shape index (κ3) is 6.99. The minimum absolute atomic E-state index is 0.0684. The summed E-state index contributed by atoms with van der Waals surface area (Å²) in [5.74, 6) is -2.45. The number of carbonyl (C=O) groups excluding carboxylic acids is 3. The van der Waals surface area contributed by atoms with Crippen molar-refractivity contribution in [2.75, 3.05) is 6.61 Å². The van der Waals surface area contributed by atoms with Gasteiger partial charge >= 0.3 is 24.1 Å². The molecule has 10 nitrogen and oxygen atoms in total. The van der Waals surface area contributed by atoms with Crippen molar-refractivity contribution in [2.24, 2.45) is 0 Å². The maximum atomic E-state index is 12.5. The van der Waals surface area contributed by atoms with Crippen molar-refractivity contribution in [1.29, 1.82) is 0 Å². The number of carboxylic acid groups (broad SMARTS) is 1. The van der Waals surface area contributed by atoms with Crippen molar-refractivity contribution in [1.82, 2.24) is 10.6 Å². The monoisotopic (exact) mass is 512 g/mol. The predicted molar refractivity (Wildman–Crippen MR) is 134 cm³/mol. The zero-order valence-corrected chi connectivity index (χ0v) is 21.4. The van der Waals surface area contributed by atoms with Crippen LogP contribution in [0.4, 0.5) is 9.59 Å². The fraction of sp³-hybridized carbons (Fsp3) is 0.407. The van der Waals surface area contributed by atoms with E-state index < -0.39 is 47.9 Å². The van der Waals surface area contributed by atoms with Gasteiger partial charge in [-0.15, -0.1) is 0 Å². The number of aliphatic carboxylic acids is 1. The number of benzene rings is 2. The molecular weight excluding hydrogens is 480 g/mol. The molecule has 2 amide bonds. The number of ether oxygens (including phenoxy) is 3. The average molecular weight is 513 g/mol. The molecule has 2 aromatic carbocycles. The van der Waals surface area contributed by atoms with Gasteiger partial charge in [-0.05, 0) is 56.9 Å². The number of esters is 1. The lowest BCUT2D eigenvalue weighted by atomic mass is 9.98. The predicted octanol–water partition coefficient (Wildman–Crippen LogP) is 3.82. The SMILES string of the molecule is C[C@@H](NC(=O)OCC1c2ccccc2-c2ccccc21)C(=O)O[C@H](C)[C@H](NC(=O)OC(C)(C)C)C(=O)O. The highest BCUT2D eigenvalue weighted by Gasteiger charge is 2.33. The van der Waals surface area contributed by atoms with E-state index in [1.807, 2.05) is 48.5 Å². The number of hydrogen-bond donors (Lipinski definition) is 3.